The number of anilines is 3. The smallest absolute Gasteiger partial charge is 0.143 e. The van der Waals surface area contributed by atoms with Gasteiger partial charge in [-0.1, -0.05) is 109 Å². The largest absolute Gasteiger partial charge is 0.455 e. The third kappa shape index (κ3) is 3.50. The van der Waals surface area contributed by atoms with Gasteiger partial charge in [0.05, 0.1) is 11.1 Å². The molecule has 0 aliphatic rings. The predicted molar refractivity (Wildman–Crippen MR) is 169 cm³/mol. The molecule has 0 aliphatic carbocycles. The van der Waals surface area contributed by atoms with Crippen LogP contribution in [0.4, 0.5) is 17.1 Å². The molecule has 0 amide bonds. The number of hydrogen-bond donors (Lipinski definition) is 0. The molecule has 2 nitrogen and oxygen atoms in total. The van der Waals surface area contributed by atoms with Crippen LogP contribution in [0.1, 0.15) is 0 Å². The van der Waals surface area contributed by atoms with Crippen LogP contribution in [-0.4, -0.2) is 0 Å². The van der Waals surface area contributed by atoms with Crippen molar-refractivity contribution in [2.24, 2.45) is 0 Å². The molecule has 0 saturated carbocycles. The summed E-state index contributed by atoms with van der Waals surface area (Å²) >= 11 is 0. The zero-order valence-electron chi connectivity index (χ0n) is 21.8. The van der Waals surface area contributed by atoms with Crippen molar-refractivity contribution in [1.82, 2.24) is 0 Å². The normalized spacial score (nSPS) is 11.5. The Morgan fingerprint density at radius 2 is 1.02 bits per heavy atom. The standard InChI is InChI=1S/C38H25NO/c1-3-15-27(16-4-1)39(28-17-5-2-6-18-28)35-23-12-24-36-37(35)34-25-33(31-20-9-10-21-32(31)38(34)40-36)30-22-11-14-26-13-7-8-19-29(26)30/h1-25H. The lowest BCUT2D eigenvalue weighted by atomic mass is 9.92. The molecule has 0 fully saturated rings. The van der Waals surface area contributed by atoms with Gasteiger partial charge in [0.25, 0.3) is 0 Å². The van der Waals surface area contributed by atoms with Gasteiger partial charge in [0, 0.05) is 22.1 Å². The number of para-hydroxylation sites is 2. The van der Waals surface area contributed by atoms with Gasteiger partial charge >= 0.3 is 0 Å². The van der Waals surface area contributed by atoms with Crippen LogP contribution in [0.5, 0.6) is 0 Å². The first-order valence-corrected chi connectivity index (χ1v) is 13.6. The SMILES string of the molecule is c1ccc(N(c2ccccc2)c2cccc3oc4c5ccccc5c(-c5cccc6ccccc56)cc4c23)cc1. The van der Waals surface area contributed by atoms with Gasteiger partial charge in [-0.05, 0) is 69.8 Å². The number of hydrogen-bond acceptors (Lipinski definition) is 2. The van der Waals surface area contributed by atoms with Crippen LogP contribution in [0.15, 0.2) is 156 Å². The second-order valence-electron chi connectivity index (χ2n) is 10.1. The summed E-state index contributed by atoms with van der Waals surface area (Å²) < 4.78 is 6.68. The number of rotatable bonds is 4. The maximum absolute atomic E-state index is 6.68. The second-order valence-corrected chi connectivity index (χ2v) is 10.1. The van der Waals surface area contributed by atoms with Crippen molar-refractivity contribution in [2.75, 3.05) is 4.90 Å². The van der Waals surface area contributed by atoms with E-state index in [0.717, 1.165) is 44.4 Å². The van der Waals surface area contributed by atoms with Crippen LogP contribution in [0, 0.1) is 0 Å². The first kappa shape index (κ1) is 22.6. The van der Waals surface area contributed by atoms with Gasteiger partial charge in [-0.3, -0.25) is 0 Å². The summed E-state index contributed by atoms with van der Waals surface area (Å²) in [5.74, 6) is 0. The Labute approximate surface area is 232 Å². The fraction of sp³-hybridized carbons (Fsp3) is 0. The fourth-order valence-electron chi connectivity index (χ4n) is 6.08. The fourth-order valence-corrected chi connectivity index (χ4v) is 6.08. The minimum atomic E-state index is 0.879. The highest BCUT2D eigenvalue weighted by molar-refractivity contribution is 6.23. The molecule has 0 aliphatic heterocycles. The molecule has 8 rings (SSSR count). The van der Waals surface area contributed by atoms with E-state index in [4.69, 9.17) is 4.42 Å². The van der Waals surface area contributed by atoms with E-state index in [-0.39, 0.29) is 0 Å². The molecular weight excluding hydrogens is 486 g/mol. The molecule has 188 valence electrons. The quantitative estimate of drug-likeness (QED) is 0.234. The molecule has 0 radical (unpaired) electrons. The lowest BCUT2D eigenvalue weighted by Gasteiger charge is -2.26. The molecule has 1 aromatic heterocycles. The first-order chi connectivity index (χ1) is 19.9. The topological polar surface area (TPSA) is 16.4 Å². The molecule has 0 atom stereocenters. The second kappa shape index (κ2) is 9.14. The maximum atomic E-state index is 6.68. The summed E-state index contributed by atoms with van der Waals surface area (Å²) in [6.45, 7) is 0. The highest BCUT2D eigenvalue weighted by Crippen LogP contribution is 2.46. The average molecular weight is 512 g/mol. The number of nitrogens with zero attached hydrogens (tertiary/aromatic N) is 1. The van der Waals surface area contributed by atoms with Gasteiger partial charge in [0.1, 0.15) is 11.2 Å². The van der Waals surface area contributed by atoms with Crippen LogP contribution in [-0.2, 0) is 0 Å². The molecule has 0 saturated heterocycles. The van der Waals surface area contributed by atoms with E-state index in [9.17, 15) is 0 Å². The minimum absolute atomic E-state index is 0.879. The van der Waals surface area contributed by atoms with Crippen LogP contribution in [0.2, 0.25) is 0 Å². The third-order valence-electron chi connectivity index (χ3n) is 7.83. The average Bonchev–Trinajstić information content (AvgIpc) is 3.41. The van der Waals surface area contributed by atoms with Crippen molar-refractivity contribution in [3.8, 4) is 11.1 Å². The van der Waals surface area contributed by atoms with Gasteiger partial charge in [-0.2, -0.15) is 0 Å². The number of fused-ring (bicyclic) bond motifs is 6. The van der Waals surface area contributed by atoms with Crippen molar-refractivity contribution in [3.05, 3.63) is 152 Å². The monoisotopic (exact) mass is 511 g/mol. The van der Waals surface area contributed by atoms with E-state index in [0.29, 0.717) is 0 Å². The van der Waals surface area contributed by atoms with Crippen molar-refractivity contribution in [2.45, 2.75) is 0 Å². The Morgan fingerprint density at radius 1 is 0.425 bits per heavy atom. The molecule has 1 heterocycles. The lowest BCUT2D eigenvalue weighted by molar-refractivity contribution is 0.672. The summed E-state index contributed by atoms with van der Waals surface area (Å²) in [6, 6.07) is 53.6. The molecular formula is C38H25NO. The summed E-state index contributed by atoms with van der Waals surface area (Å²) in [7, 11) is 0. The lowest BCUT2D eigenvalue weighted by Crippen LogP contribution is -2.09. The van der Waals surface area contributed by atoms with Gasteiger partial charge in [-0.25, -0.2) is 0 Å². The highest BCUT2D eigenvalue weighted by atomic mass is 16.3. The van der Waals surface area contributed by atoms with Crippen molar-refractivity contribution >= 4 is 60.5 Å². The zero-order valence-corrected chi connectivity index (χ0v) is 21.8. The molecule has 40 heavy (non-hydrogen) atoms. The van der Waals surface area contributed by atoms with Crippen LogP contribution >= 0.6 is 0 Å². The molecule has 0 N–H and O–H groups in total. The Hall–Kier alpha value is -5.34. The van der Waals surface area contributed by atoms with E-state index < -0.39 is 0 Å². The number of furan rings is 1. The zero-order chi connectivity index (χ0) is 26.5. The summed E-state index contributed by atoms with van der Waals surface area (Å²) in [5.41, 5.74) is 7.53. The Balaban J connectivity index is 1.50. The molecule has 0 spiro atoms. The van der Waals surface area contributed by atoms with E-state index >= 15 is 0 Å². The van der Waals surface area contributed by atoms with E-state index in [1.807, 2.05) is 0 Å². The van der Waals surface area contributed by atoms with Gasteiger partial charge in [0.2, 0.25) is 0 Å². The molecule has 8 aromatic rings. The van der Waals surface area contributed by atoms with Crippen LogP contribution in [0.25, 0.3) is 54.6 Å². The van der Waals surface area contributed by atoms with Gasteiger partial charge in [-0.15, -0.1) is 0 Å². The first-order valence-electron chi connectivity index (χ1n) is 13.6. The van der Waals surface area contributed by atoms with E-state index in [2.05, 4.69) is 157 Å². The van der Waals surface area contributed by atoms with Gasteiger partial charge < -0.3 is 9.32 Å². The molecule has 7 aromatic carbocycles. The Bertz CT molecular complexity index is 2120. The number of benzene rings is 7. The van der Waals surface area contributed by atoms with Gasteiger partial charge in [0.15, 0.2) is 0 Å². The van der Waals surface area contributed by atoms with Crippen molar-refractivity contribution < 1.29 is 4.42 Å². The third-order valence-corrected chi connectivity index (χ3v) is 7.83. The van der Waals surface area contributed by atoms with Crippen LogP contribution < -0.4 is 4.90 Å². The summed E-state index contributed by atoms with van der Waals surface area (Å²) in [5, 5.41) is 7.02. The Morgan fingerprint density at radius 3 is 1.77 bits per heavy atom. The molecule has 0 unspecified atom stereocenters. The van der Waals surface area contributed by atoms with Crippen molar-refractivity contribution in [3.63, 3.8) is 0 Å². The van der Waals surface area contributed by atoms with E-state index in [1.54, 1.807) is 0 Å². The minimum Gasteiger partial charge on any atom is -0.455 e. The molecule has 0 bridgehead atoms. The summed E-state index contributed by atoms with van der Waals surface area (Å²) in [4.78, 5) is 2.32. The highest BCUT2D eigenvalue weighted by Gasteiger charge is 2.21. The summed E-state index contributed by atoms with van der Waals surface area (Å²) in [6.07, 6.45) is 0. The van der Waals surface area contributed by atoms with Crippen molar-refractivity contribution in [1.29, 1.82) is 0 Å². The Kier molecular flexibility index (Phi) is 5.17. The maximum Gasteiger partial charge on any atom is 0.143 e. The van der Waals surface area contributed by atoms with E-state index in [1.165, 1.54) is 27.3 Å². The molecule has 2 heteroatoms. The predicted octanol–water partition coefficient (Wildman–Crippen LogP) is 11.0. The van der Waals surface area contributed by atoms with Crippen LogP contribution in [0.3, 0.4) is 0 Å².